The van der Waals surface area contributed by atoms with Crippen molar-refractivity contribution in [3.63, 3.8) is 0 Å². The van der Waals surface area contributed by atoms with Gasteiger partial charge in [-0.15, -0.1) is 0 Å². The van der Waals surface area contributed by atoms with E-state index in [4.69, 9.17) is 4.74 Å². The Labute approximate surface area is 113 Å². The van der Waals surface area contributed by atoms with E-state index in [0.29, 0.717) is 25.0 Å². The molecule has 2 nitrogen and oxygen atoms in total. The summed E-state index contributed by atoms with van der Waals surface area (Å²) < 4.78 is 19.7. The maximum atomic E-state index is 14.2. The molecule has 0 aliphatic carbocycles. The molecule has 0 aromatic rings. The minimum absolute atomic E-state index is 0.202. The monoisotopic (exact) mass is 261 g/mol. The Hall–Kier alpha value is -0.150. The Balaban J connectivity index is 3.72. The van der Waals surface area contributed by atoms with Crippen molar-refractivity contribution in [1.82, 2.24) is 4.90 Å². The maximum Gasteiger partial charge on any atom is 0.144 e. The molecule has 0 aromatic carbocycles. The lowest BCUT2D eigenvalue weighted by atomic mass is 10.1. The van der Waals surface area contributed by atoms with Gasteiger partial charge in [-0.05, 0) is 38.6 Å². The van der Waals surface area contributed by atoms with Gasteiger partial charge in [0.25, 0.3) is 0 Å². The standard InChI is InChI=1S/C15H32FNO/c1-13(2)8-7-9-18-12-15(5,16)11-17(6)10-14(3)4/h13-14H,7-12H2,1-6H3. The lowest BCUT2D eigenvalue weighted by Gasteiger charge is -2.27. The molecule has 0 bridgehead atoms. The molecule has 0 heterocycles. The second kappa shape index (κ2) is 8.87. The molecule has 0 aliphatic heterocycles. The van der Waals surface area contributed by atoms with Crippen molar-refractivity contribution in [3.05, 3.63) is 0 Å². The number of rotatable bonds is 10. The Bertz CT molecular complexity index is 205. The fourth-order valence-electron chi connectivity index (χ4n) is 2.17. The summed E-state index contributed by atoms with van der Waals surface area (Å²) in [6, 6.07) is 0. The van der Waals surface area contributed by atoms with Gasteiger partial charge in [-0.2, -0.15) is 0 Å². The predicted molar refractivity (Wildman–Crippen MR) is 76.7 cm³/mol. The van der Waals surface area contributed by atoms with Gasteiger partial charge in [-0.3, -0.25) is 0 Å². The molecule has 0 amide bonds. The number of nitrogens with zero attached hydrogens (tertiary/aromatic N) is 1. The summed E-state index contributed by atoms with van der Waals surface area (Å²) in [6.07, 6.45) is 2.17. The van der Waals surface area contributed by atoms with Crippen LogP contribution in [0.4, 0.5) is 4.39 Å². The van der Waals surface area contributed by atoms with Crippen molar-refractivity contribution in [1.29, 1.82) is 0 Å². The predicted octanol–water partition coefficient (Wildman–Crippen LogP) is 3.76. The largest absolute Gasteiger partial charge is 0.378 e. The first-order valence-electron chi connectivity index (χ1n) is 7.18. The van der Waals surface area contributed by atoms with Crippen molar-refractivity contribution in [2.75, 3.05) is 33.4 Å². The quantitative estimate of drug-likeness (QED) is 0.555. The number of hydrogen-bond donors (Lipinski definition) is 0. The number of hydrogen-bond acceptors (Lipinski definition) is 2. The summed E-state index contributed by atoms with van der Waals surface area (Å²) >= 11 is 0. The van der Waals surface area contributed by atoms with Crippen LogP contribution in [0.15, 0.2) is 0 Å². The maximum absolute atomic E-state index is 14.2. The van der Waals surface area contributed by atoms with Crippen LogP contribution in [0.1, 0.15) is 47.5 Å². The van der Waals surface area contributed by atoms with E-state index in [1.54, 1.807) is 6.92 Å². The summed E-state index contributed by atoms with van der Waals surface area (Å²) in [4.78, 5) is 2.04. The molecule has 0 rings (SSSR count). The highest BCUT2D eigenvalue weighted by atomic mass is 19.1. The van der Waals surface area contributed by atoms with Crippen molar-refractivity contribution in [2.24, 2.45) is 11.8 Å². The van der Waals surface area contributed by atoms with Crippen LogP contribution < -0.4 is 0 Å². The molecule has 0 aliphatic rings. The van der Waals surface area contributed by atoms with Gasteiger partial charge in [0.1, 0.15) is 5.67 Å². The minimum Gasteiger partial charge on any atom is -0.378 e. The van der Waals surface area contributed by atoms with Crippen molar-refractivity contribution >= 4 is 0 Å². The molecule has 0 N–H and O–H groups in total. The Morgan fingerprint density at radius 3 is 2.28 bits per heavy atom. The Kier molecular flexibility index (Phi) is 8.79. The van der Waals surface area contributed by atoms with Gasteiger partial charge in [0, 0.05) is 19.7 Å². The lowest BCUT2D eigenvalue weighted by molar-refractivity contribution is 0.00469. The van der Waals surface area contributed by atoms with Crippen molar-refractivity contribution < 1.29 is 9.13 Å². The smallest absolute Gasteiger partial charge is 0.144 e. The first-order valence-corrected chi connectivity index (χ1v) is 7.18. The zero-order chi connectivity index (χ0) is 14.2. The molecule has 0 fully saturated rings. The van der Waals surface area contributed by atoms with E-state index >= 15 is 0 Å². The van der Waals surface area contributed by atoms with Crippen LogP contribution in [0.5, 0.6) is 0 Å². The molecule has 0 aromatic heterocycles. The third-order valence-electron chi connectivity index (χ3n) is 2.75. The van der Waals surface area contributed by atoms with E-state index in [1.165, 1.54) is 0 Å². The fraction of sp³-hybridized carbons (Fsp3) is 1.00. The zero-order valence-electron chi connectivity index (χ0n) is 13.1. The average molecular weight is 261 g/mol. The van der Waals surface area contributed by atoms with Crippen molar-refractivity contribution in [2.45, 2.75) is 53.1 Å². The zero-order valence-corrected chi connectivity index (χ0v) is 13.1. The van der Waals surface area contributed by atoms with Crippen LogP contribution >= 0.6 is 0 Å². The Morgan fingerprint density at radius 2 is 1.78 bits per heavy atom. The van der Waals surface area contributed by atoms with Crippen LogP contribution in [-0.4, -0.2) is 43.9 Å². The van der Waals surface area contributed by atoms with E-state index in [9.17, 15) is 4.39 Å². The molecular formula is C15H32FNO. The molecule has 18 heavy (non-hydrogen) atoms. The third kappa shape index (κ3) is 11.0. The molecule has 0 radical (unpaired) electrons. The fourth-order valence-corrected chi connectivity index (χ4v) is 2.17. The van der Waals surface area contributed by atoms with Gasteiger partial charge in [-0.25, -0.2) is 4.39 Å². The molecule has 1 atom stereocenters. The molecule has 1 unspecified atom stereocenters. The van der Waals surface area contributed by atoms with E-state index < -0.39 is 5.67 Å². The summed E-state index contributed by atoms with van der Waals surface area (Å²) in [5, 5.41) is 0. The summed E-state index contributed by atoms with van der Waals surface area (Å²) in [7, 11) is 1.97. The highest BCUT2D eigenvalue weighted by Gasteiger charge is 2.25. The Morgan fingerprint density at radius 1 is 1.17 bits per heavy atom. The number of ether oxygens (including phenoxy) is 1. The number of alkyl halides is 1. The third-order valence-corrected chi connectivity index (χ3v) is 2.75. The molecule has 3 heteroatoms. The van der Waals surface area contributed by atoms with Gasteiger partial charge in [0.15, 0.2) is 0 Å². The van der Waals surface area contributed by atoms with E-state index in [2.05, 4.69) is 27.7 Å². The topological polar surface area (TPSA) is 12.5 Å². The van der Waals surface area contributed by atoms with E-state index in [0.717, 1.165) is 19.4 Å². The summed E-state index contributed by atoms with van der Waals surface area (Å²) in [5.74, 6) is 1.26. The SMILES string of the molecule is CC(C)CCCOCC(C)(F)CN(C)CC(C)C. The van der Waals surface area contributed by atoms with Crippen LogP contribution in [-0.2, 0) is 4.74 Å². The second-order valence-electron chi connectivity index (χ2n) is 6.59. The van der Waals surface area contributed by atoms with Gasteiger partial charge < -0.3 is 9.64 Å². The van der Waals surface area contributed by atoms with Crippen molar-refractivity contribution in [3.8, 4) is 0 Å². The van der Waals surface area contributed by atoms with Crippen LogP contribution in [0.2, 0.25) is 0 Å². The van der Waals surface area contributed by atoms with Crippen LogP contribution in [0, 0.1) is 11.8 Å². The highest BCUT2D eigenvalue weighted by Crippen LogP contribution is 2.14. The van der Waals surface area contributed by atoms with Crippen LogP contribution in [0.3, 0.4) is 0 Å². The summed E-state index contributed by atoms with van der Waals surface area (Å²) in [6.45, 7) is 12.6. The molecule has 0 saturated heterocycles. The average Bonchev–Trinajstić information content (AvgIpc) is 2.13. The minimum atomic E-state index is -1.25. The van der Waals surface area contributed by atoms with E-state index in [1.807, 2.05) is 11.9 Å². The number of halogens is 1. The second-order valence-corrected chi connectivity index (χ2v) is 6.59. The summed E-state index contributed by atoms with van der Waals surface area (Å²) in [5.41, 5.74) is -1.25. The molecular weight excluding hydrogens is 229 g/mol. The molecule has 0 saturated carbocycles. The lowest BCUT2D eigenvalue weighted by Crippen LogP contribution is -2.40. The molecule has 0 spiro atoms. The van der Waals surface area contributed by atoms with Gasteiger partial charge in [0.2, 0.25) is 0 Å². The first kappa shape index (κ1) is 17.8. The van der Waals surface area contributed by atoms with E-state index in [-0.39, 0.29) is 6.61 Å². The van der Waals surface area contributed by atoms with Crippen LogP contribution in [0.25, 0.3) is 0 Å². The molecule has 110 valence electrons. The van der Waals surface area contributed by atoms with Gasteiger partial charge >= 0.3 is 0 Å². The first-order chi connectivity index (χ1) is 8.23. The highest BCUT2D eigenvalue weighted by molar-refractivity contribution is 4.77. The van der Waals surface area contributed by atoms with Gasteiger partial charge in [0.05, 0.1) is 6.61 Å². The van der Waals surface area contributed by atoms with Gasteiger partial charge in [-0.1, -0.05) is 27.7 Å². The normalized spacial score (nSPS) is 15.7.